The van der Waals surface area contributed by atoms with Gasteiger partial charge in [0.2, 0.25) is 0 Å². The molecule has 19 heavy (non-hydrogen) atoms. The second-order valence-electron chi connectivity index (χ2n) is 4.03. The van der Waals surface area contributed by atoms with E-state index < -0.39 is 6.17 Å². The van der Waals surface area contributed by atoms with E-state index in [0.717, 1.165) is 5.75 Å². The Morgan fingerprint density at radius 3 is 2.79 bits per heavy atom. The molecule has 0 radical (unpaired) electrons. The van der Waals surface area contributed by atoms with Crippen LogP contribution in [0.2, 0.25) is 0 Å². The van der Waals surface area contributed by atoms with Gasteiger partial charge in [-0.1, -0.05) is 15.9 Å². The Morgan fingerprint density at radius 2 is 2.11 bits per heavy atom. The Labute approximate surface area is 121 Å². The first-order valence-corrected chi connectivity index (χ1v) is 7.01. The summed E-state index contributed by atoms with van der Waals surface area (Å²) in [6.07, 6.45) is 3.15. The third kappa shape index (κ3) is 8.13. The van der Waals surface area contributed by atoms with Crippen molar-refractivity contribution < 1.29 is 18.6 Å². The molecule has 1 aromatic rings. The van der Waals surface area contributed by atoms with Crippen LogP contribution >= 0.6 is 15.9 Å². The summed E-state index contributed by atoms with van der Waals surface area (Å²) in [5.41, 5.74) is 0. The number of nitrogens with zero attached hydrogens (tertiary/aromatic N) is 1. The topological polar surface area (TPSA) is 40.6 Å². The highest BCUT2D eigenvalue weighted by Gasteiger charge is 2.14. The molecule has 2 atom stereocenters. The molecule has 0 N–H and O–H groups in total. The van der Waals surface area contributed by atoms with Crippen LogP contribution in [0.4, 0.5) is 4.39 Å². The molecule has 108 valence electrons. The van der Waals surface area contributed by atoms with Crippen LogP contribution in [-0.4, -0.2) is 43.1 Å². The van der Waals surface area contributed by atoms with E-state index in [1.165, 1.54) is 7.11 Å². The summed E-state index contributed by atoms with van der Waals surface area (Å²) in [6.45, 7) is 0.985. The first-order valence-electron chi connectivity index (χ1n) is 6.10. The minimum absolute atomic E-state index is 0.0295. The molecule has 0 aliphatic rings. The first-order chi connectivity index (χ1) is 9.22. The van der Waals surface area contributed by atoms with Gasteiger partial charge in [0.15, 0.2) is 0 Å². The molecule has 0 aliphatic heterocycles. The van der Waals surface area contributed by atoms with Gasteiger partial charge >= 0.3 is 0 Å². The number of halogens is 2. The maximum absolute atomic E-state index is 13.6. The summed E-state index contributed by atoms with van der Waals surface area (Å²) in [4.78, 5) is 3.86. The van der Waals surface area contributed by atoms with Crippen LogP contribution in [0, 0.1) is 0 Å². The van der Waals surface area contributed by atoms with Gasteiger partial charge in [0.05, 0.1) is 11.4 Å². The van der Waals surface area contributed by atoms with E-state index in [-0.39, 0.29) is 11.6 Å². The van der Waals surface area contributed by atoms with Crippen LogP contribution in [-0.2, 0) is 9.47 Å². The van der Waals surface area contributed by atoms with Gasteiger partial charge in [-0.05, 0) is 18.6 Å². The summed E-state index contributed by atoms with van der Waals surface area (Å²) < 4.78 is 28.9. The maximum atomic E-state index is 13.6. The third-order valence-corrected chi connectivity index (χ3v) is 3.01. The number of hydrogen-bond donors (Lipinski definition) is 0. The average Bonchev–Trinajstić information content (AvgIpc) is 2.42. The summed E-state index contributed by atoms with van der Waals surface area (Å²) in [7, 11) is 1.54. The minimum atomic E-state index is -0.915. The summed E-state index contributed by atoms with van der Waals surface area (Å²) in [6, 6.07) is 3.54. The van der Waals surface area contributed by atoms with Crippen molar-refractivity contribution in [3.05, 3.63) is 24.5 Å². The fourth-order valence-electron chi connectivity index (χ4n) is 1.44. The van der Waals surface area contributed by atoms with Crippen molar-refractivity contribution >= 4 is 15.9 Å². The molecule has 1 rings (SSSR count). The fourth-order valence-corrected chi connectivity index (χ4v) is 1.98. The summed E-state index contributed by atoms with van der Waals surface area (Å²) in [5.74, 6) is 0.735. The van der Waals surface area contributed by atoms with Crippen molar-refractivity contribution in [1.82, 2.24) is 4.98 Å². The highest BCUT2D eigenvalue weighted by atomic mass is 79.9. The zero-order valence-corrected chi connectivity index (χ0v) is 12.5. The fraction of sp³-hybridized carbons (Fsp3) is 0.615. The lowest BCUT2D eigenvalue weighted by molar-refractivity contribution is -0.0359. The van der Waals surface area contributed by atoms with Crippen LogP contribution in [0.25, 0.3) is 0 Å². The van der Waals surface area contributed by atoms with E-state index in [0.29, 0.717) is 26.1 Å². The minimum Gasteiger partial charge on any atom is -0.492 e. The summed E-state index contributed by atoms with van der Waals surface area (Å²) in [5, 5.41) is 0. The van der Waals surface area contributed by atoms with Crippen molar-refractivity contribution in [2.24, 2.45) is 0 Å². The van der Waals surface area contributed by atoms with E-state index in [2.05, 4.69) is 20.9 Å². The Kier molecular flexibility index (Phi) is 8.69. The smallest absolute Gasteiger partial charge is 0.146 e. The molecule has 4 nitrogen and oxygen atoms in total. The normalized spacial score (nSPS) is 14.1. The SMILES string of the molecule is COCOCCC(F)CC(Br)COc1ccncc1. The second kappa shape index (κ2) is 10.1. The lowest BCUT2D eigenvalue weighted by atomic mass is 10.2. The number of ether oxygens (including phenoxy) is 3. The lowest BCUT2D eigenvalue weighted by Gasteiger charge is -2.14. The van der Waals surface area contributed by atoms with Crippen molar-refractivity contribution in [3.8, 4) is 5.75 Å². The number of hydrogen-bond acceptors (Lipinski definition) is 4. The van der Waals surface area contributed by atoms with Gasteiger partial charge < -0.3 is 14.2 Å². The van der Waals surface area contributed by atoms with Crippen molar-refractivity contribution in [2.45, 2.75) is 23.8 Å². The molecule has 0 aromatic carbocycles. The highest BCUT2D eigenvalue weighted by molar-refractivity contribution is 9.09. The predicted molar refractivity (Wildman–Crippen MR) is 74.4 cm³/mol. The van der Waals surface area contributed by atoms with Gasteiger partial charge in [0.1, 0.15) is 25.3 Å². The van der Waals surface area contributed by atoms with Crippen LogP contribution in [0.5, 0.6) is 5.75 Å². The average molecular weight is 336 g/mol. The van der Waals surface area contributed by atoms with E-state index >= 15 is 0 Å². The lowest BCUT2D eigenvalue weighted by Crippen LogP contribution is -2.18. The maximum Gasteiger partial charge on any atom is 0.146 e. The molecular weight excluding hydrogens is 317 g/mol. The number of methoxy groups -OCH3 is 1. The van der Waals surface area contributed by atoms with Crippen LogP contribution in [0.1, 0.15) is 12.8 Å². The number of alkyl halides is 2. The quantitative estimate of drug-likeness (QED) is 0.374. The molecule has 0 saturated heterocycles. The number of rotatable bonds is 10. The largest absolute Gasteiger partial charge is 0.492 e. The van der Waals surface area contributed by atoms with E-state index in [9.17, 15) is 4.39 Å². The first kappa shape index (κ1) is 16.3. The predicted octanol–water partition coefficient (Wildman–Crippen LogP) is 2.96. The monoisotopic (exact) mass is 335 g/mol. The Balaban J connectivity index is 2.11. The third-order valence-electron chi connectivity index (χ3n) is 2.37. The van der Waals surface area contributed by atoms with Crippen molar-refractivity contribution in [2.75, 3.05) is 27.1 Å². The zero-order chi connectivity index (χ0) is 13.9. The Bertz CT molecular complexity index is 329. The molecule has 0 amide bonds. The molecular formula is C13H19BrFNO3. The van der Waals surface area contributed by atoms with Gasteiger partial charge in [-0.3, -0.25) is 4.98 Å². The van der Waals surface area contributed by atoms with E-state index in [1.807, 2.05) is 0 Å². The second-order valence-corrected chi connectivity index (χ2v) is 5.32. The summed E-state index contributed by atoms with van der Waals surface area (Å²) >= 11 is 3.41. The van der Waals surface area contributed by atoms with Crippen molar-refractivity contribution in [3.63, 3.8) is 0 Å². The molecule has 2 unspecified atom stereocenters. The molecule has 0 spiro atoms. The van der Waals surface area contributed by atoms with Crippen LogP contribution in [0.15, 0.2) is 24.5 Å². The number of aromatic nitrogens is 1. The van der Waals surface area contributed by atoms with Crippen LogP contribution in [0.3, 0.4) is 0 Å². The zero-order valence-electron chi connectivity index (χ0n) is 10.9. The molecule has 0 saturated carbocycles. The molecule has 0 bridgehead atoms. The van der Waals surface area contributed by atoms with Gasteiger partial charge in [-0.15, -0.1) is 0 Å². The molecule has 6 heteroatoms. The standard InChI is InChI=1S/C13H19BrFNO3/c1-17-10-18-7-4-12(15)8-11(14)9-19-13-2-5-16-6-3-13/h2-3,5-6,11-12H,4,7-10H2,1H3. The Hall–Kier alpha value is -0.720. The van der Waals surface area contributed by atoms with Gasteiger partial charge in [-0.25, -0.2) is 4.39 Å². The molecule has 0 fully saturated rings. The van der Waals surface area contributed by atoms with Gasteiger partial charge in [0.25, 0.3) is 0 Å². The van der Waals surface area contributed by atoms with Crippen LogP contribution < -0.4 is 4.74 Å². The van der Waals surface area contributed by atoms with E-state index in [4.69, 9.17) is 14.2 Å². The Morgan fingerprint density at radius 1 is 1.37 bits per heavy atom. The highest BCUT2D eigenvalue weighted by Crippen LogP contribution is 2.16. The number of pyridine rings is 1. The molecule has 1 heterocycles. The van der Waals surface area contributed by atoms with Gasteiger partial charge in [0, 0.05) is 25.9 Å². The molecule has 0 aliphatic carbocycles. The molecule has 1 aromatic heterocycles. The van der Waals surface area contributed by atoms with Crippen molar-refractivity contribution in [1.29, 1.82) is 0 Å². The van der Waals surface area contributed by atoms with Gasteiger partial charge in [-0.2, -0.15) is 0 Å². The van der Waals surface area contributed by atoms with E-state index in [1.54, 1.807) is 24.5 Å².